The fraction of sp³-hybridized carbons (Fsp3) is 0.0952. The molecule has 0 saturated carbocycles. The summed E-state index contributed by atoms with van der Waals surface area (Å²) in [5, 5.41) is 9.15. The molecular formula is C21H18N2S. The summed E-state index contributed by atoms with van der Waals surface area (Å²) in [7, 11) is 0. The van der Waals surface area contributed by atoms with Crippen LogP contribution in [0.5, 0.6) is 0 Å². The predicted molar refractivity (Wildman–Crippen MR) is 104 cm³/mol. The van der Waals surface area contributed by atoms with Gasteiger partial charge >= 0.3 is 0 Å². The van der Waals surface area contributed by atoms with Gasteiger partial charge in [-0.15, -0.1) is 11.3 Å². The van der Waals surface area contributed by atoms with Gasteiger partial charge in [0.1, 0.15) is 0 Å². The van der Waals surface area contributed by atoms with E-state index in [9.17, 15) is 0 Å². The number of hydrazone groups is 1. The molecule has 0 fully saturated rings. The number of hydrogen-bond donors (Lipinski definition) is 0. The van der Waals surface area contributed by atoms with Crippen LogP contribution in [0.3, 0.4) is 0 Å². The zero-order chi connectivity index (χ0) is 16.2. The lowest BCUT2D eigenvalue weighted by atomic mass is 10.1. The van der Waals surface area contributed by atoms with Crippen LogP contribution in [0, 0.1) is 0 Å². The van der Waals surface area contributed by atoms with E-state index < -0.39 is 0 Å². The molecule has 0 saturated heterocycles. The van der Waals surface area contributed by atoms with Gasteiger partial charge in [-0.25, -0.2) is 0 Å². The average molecular weight is 330 g/mol. The maximum absolute atomic E-state index is 4.90. The minimum absolute atomic E-state index is 0.240. The van der Waals surface area contributed by atoms with Gasteiger partial charge in [0.2, 0.25) is 0 Å². The number of rotatable bonds is 4. The van der Waals surface area contributed by atoms with Crippen LogP contribution in [-0.4, -0.2) is 11.8 Å². The van der Waals surface area contributed by atoms with Crippen molar-refractivity contribution in [1.29, 1.82) is 0 Å². The standard InChI is InChI=1S/C21H18N2S/c1-3-8-17(9-4-1)13-14-19-16-20(21-12-7-15-24-21)22-23(19)18-10-5-2-6-11-18/h1-15,19H,16H2. The first-order valence-electron chi connectivity index (χ1n) is 8.09. The van der Waals surface area contributed by atoms with Gasteiger partial charge < -0.3 is 0 Å². The Hall–Kier alpha value is -2.65. The highest BCUT2D eigenvalue weighted by molar-refractivity contribution is 7.12. The zero-order valence-corrected chi connectivity index (χ0v) is 14.1. The number of thiophene rings is 1. The Labute approximate surface area is 146 Å². The summed E-state index contributed by atoms with van der Waals surface area (Å²) >= 11 is 1.75. The van der Waals surface area contributed by atoms with Crippen molar-refractivity contribution in [1.82, 2.24) is 0 Å². The number of para-hydroxylation sites is 1. The van der Waals surface area contributed by atoms with E-state index in [-0.39, 0.29) is 6.04 Å². The molecule has 0 bridgehead atoms. The highest BCUT2D eigenvalue weighted by Crippen LogP contribution is 2.29. The molecule has 3 aromatic rings. The third kappa shape index (κ3) is 3.17. The second kappa shape index (κ2) is 6.85. The molecule has 2 aromatic carbocycles. The van der Waals surface area contributed by atoms with Crippen molar-refractivity contribution in [2.24, 2.45) is 5.10 Å². The Morgan fingerprint density at radius 1 is 0.917 bits per heavy atom. The maximum atomic E-state index is 4.90. The van der Waals surface area contributed by atoms with E-state index in [2.05, 4.69) is 83.2 Å². The Kier molecular flexibility index (Phi) is 4.26. The van der Waals surface area contributed by atoms with Crippen LogP contribution in [0.25, 0.3) is 6.08 Å². The van der Waals surface area contributed by atoms with Crippen LogP contribution in [0.15, 0.2) is 89.4 Å². The molecule has 2 heterocycles. The van der Waals surface area contributed by atoms with Gasteiger partial charge in [0.25, 0.3) is 0 Å². The summed E-state index contributed by atoms with van der Waals surface area (Å²) in [6, 6.07) is 25.3. The first-order valence-corrected chi connectivity index (χ1v) is 8.97. The first kappa shape index (κ1) is 14.9. The summed E-state index contributed by atoms with van der Waals surface area (Å²) in [4.78, 5) is 1.26. The second-order valence-corrected chi connectivity index (χ2v) is 6.69. The van der Waals surface area contributed by atoms with Crippen molar-refractivity contribution in [3.8, 4) is 0 Å². The Morgan fingerprint density at radius 3 is 2.38 bits per heavy atom. The fourth-order valence-corrected chi connectivity index (χ4v) is 3.61. The van der Waals surface area contributed by atoms with Crippen LogP contribution in [-0.2, 0) is 0 Å². The highest BCUT2D eigenvalue weighted by Gasteiger charge is 2.26. The van der Waals surface area contributed by atoms with E-state index >= 15 is 0 Å². The van der Waals surface area contributed by atoms with Gasteiger partial charge in [-0.2, -0.15) is 5.10 Å². The molecular weight excluding hydrogens is 312 g/mol. The van der Waals surface area contributed by atoms with E-state index in [0.29, 0.717) is 0 Å². The summed E-state index contributed by atoms with van der Waals surface area (Å²) in [5.41, 5.74) is 3.51. The summed E-state index contributed by atoms with van der Waals surface area (Å²) < 4.78 is 0. The molecule has 0 N–H and O–H groups in total. The van der Waals surface area contributed by atoms with Gasteiger partial charge in [-0.05, 0) is 29.1 Å². The third-order valence-corrected chi connectivity index (χ3v) is 5.00. The third-order valence-electron chi connectivity index (χ3n) is 4.08. The van der Waals surface area contributed by atoms with Crippen molar-refractivity contribution in [3.63, 3.8) is 0 Å². The Bertz CT molecular complexity index is 836. The molecule has 2 nitrogen and oxygen atoms in total. The highest BCUT2D eigenvalue weighted by atomic mass is 32.1. The molecule has 1 aliphatic rings. The van der Waals surface area contributed by atoms with Crippen LogP contribution in [0.1, 0.15) is 16.9 Å². The van der Waals surface area contributed by atoms with Crippen molar-refractivity contribution in [2.75, 3.05) is 5.01 Å². The normalized spacial score (nSPS) is 17.4. The Morgan fingerprint density at radius 2 is 1.67 bits per heavy atom. The number of nitrogens with zero attached hydrogens (tertiary/aromatic N) is 2. The maximum Gasteiger partial charge on any atom is 0.0806 e. The van der Waals surface area contributed by atoms with Gasteiger partial charge in [-0.3, -0.25) is 5.01 Å². The van der Waals surface area contributed by atoms with Crippen LogP contribution < -0.4 is 5.01 Å². The SMILES string of the molecule is C(=CC1CC(c2cccs2)=NN1c1ccccc1)c1ccccc1. The lowest BCUT2D eigenvalue weighted by molar-refractivity contribution is 0.791. The monoisotopic (exact) mass is 330 g/mol. The van der Waals surface area contributed by atoms with E-state index in [4.69, 9.17) is 5.10 Å². The number of anilines is 1. The van der Waals surface area contributed by atoms with Gasteiger partial charge in [-0.1, -0.05) is 66.7 Å². The lowest BCUT2D eigenvalue weighted by Crippen LogP contribution is -2.23. The predicted octanol–water partition coefficient (Wildman–Crippen LogP) is 5.44. The quantitative estimate of drug-likeness (QED) is 0.621. The molecule has 24 heavy (non-hydrogen) atoms. The van der Waals surface area contributed by atoms with Crippen LogP contribution in [0.4, 0.5) is 5.69 Å². The minimum Gasteiger partial charge on any atom is -0.258 e. The Balaban J connectivity index is 1.64. The second-order valence-electron chi connectivity index (χ2n) is 5.75. The van der Waals surface area contributed by atoms with E-state index in [1.165, 1.54) is 10.4 Å². The zero-order valence-electron chi connectivity index (χ0n) is 13.2. The fourth-order valence-electron chi connectivity index (χ4n) is 2.89. The molecule has 1 aromatic heterocycles. The molecule has 0 amide bonds. The van der Waals surface area contributed by atoms with Crippen molar-refractivity contribution >= 4 is 28.8 Å². The summed E-state index contributed by atoms with van der Waals surface area (Å²) in [6.07, 6.45) is 5.37. The molecule has 1 atom stereocenters. The molecule has 1 unspecified atom stereocenters. The van der Waals surface area contributed by atoms with Crippen molar-refractivity contribution in [2.45, 2.75) is 12.5 Å². The number of hydrogen-bond acceptors (Lipinski definition) is 3. The average Bonchev–Trinajstić information content (AvgIpc) is 3.31. The topological polar surface area (TPSA) is 15.6 Å². The summed E-state index contributed by atoms with van der Waals surface area (Å²) in [5.74, 6) is 0. The van der Waals surface area contributed by atoms with Crippen molar-refractivity contribution in [3.05, 3.63) is 94.7 Å². The molecule has 3 heteroatoms. The molecule has 0 aliphatic carbocycles. The minimum atomic E-state index is 0.240. The molecule has 0 spiro atoms. The van der Waals surface area contributed by atoms with E-state index in [0.717, 1.165) is 17.8 Å². The molecule has 4 rings (SSSR count). The van der Waals surface area contributed by atoms with Crippen LogP contribution in [0.2, 0.25) is 0 Å². The van der Waals surface area contributed by atoms with E-state index in [1.807, 2.05) is 12.1 Å². The van der Waals surface area contributed by atoms with Crippen LogP contribution >= 0.6 is 11.3 Å². The molecule has 1 aliphatic heterocycles. The van der Waals surface area contributed by atoms with Gasteiger partial charge in [0.05, 0.1) is 22.3 Å². The van der Waals surface area contributed by atoms with Gasteiger partial charge in [0, 0.05) is 6.42 Å². The smallest absolute Gasteiger partial charge is 0.0806 e. The summed E-state index contributed by atoms with van der Waals surface area (Å²) in [6.45, 7) is 0. The van der Waals surface area contributed by atoms with Gasteiger partial charge in [0.15, 0.2) is 0 Å². The van der Waals surface area contributed by atoms with E-state index in [1.54, 1.807) is 11.3 Å². The van der Waals surface area contributed by atoms with Crippen molar-refractivity contribution < 1.29 is 0 Å². The first-order chi connectivity index (χ1) is 11.9. The largest absolute Gasteiger partial charge is 0.258 e. The molecule has 0 radical (unpaired) electrons. The molecule has 118 valence electrons. The number of benzene rings is 2. The lowest BCUT2D eigenvalue weighted by Gasteiger charge is -2.20.